The number of aryl methyl sites for hydroxylation is 1. The smallest absolute Gasteiger partial charge is 0.153 e. The number of likely N-dealkylation sites (tertiary alicyclic amines) is 1. The van der Waals surface area contributed by atoms with Gasteiger partial charge in [-0.2, -0.15) is 5.10 Å². The lowest BCUT2D eigenvalue weighted by Crippen LogP contribution is -2.26. The largest absolute Gasteiger partial charge is 0.506 e. The fraction of sp³-hybridized carbons (Fsp3) is 0.588. The van der Waals surface area contributed by atoms with Crippen LogP contribution in [0.3, 0.4) is 0 Å². The van der Waals surface area contributed by atoms with Crippen molar-refractivity contribution in [3.63, 3.8) is 0 Å². The Morgan fingerprint density at radius 3 is 2.92 bits per heavy atom. The van der Waals surface area contributed by atoms with Crippen molar-refractivity contribution in [3.8, 4) is 5.75 Å². The quantitative estimate of drug-likeness (QED) is 0.873. The first-order valence-electron chi connectivity index (χ1n) is 8.48. The summed E-state index contributed by atoms with van der Waals surface area (Å²) in [5.41, 5.74) is 1.59. The third kappa shape index (κ3) is 3.01. The van der Waals surface area contributed by atoms with E-state index in [-0.39, 0.29) is 17.9 Å². The zero-order valence-electron chi connectivity index (χ0n) is 14.1. The zero-order valence-corrected chi connectivity index (χ0v) is 14.1. The first-order valence-corrected chi connectivity index (χ1v) is 8.48. The number of nitrogens with zero attached hydrogens (tertiary/aromatic N) is 4. The van der Waals surface area contributed by atoms with Gasteiger partial charge in [-0.25, -0.2) is 4.98 Å². The Labute approximate surface area is 141 Å². The van der Waals surface area contributed by atoms with Gasteiger partial charge in [0.25, 0.3) is 0 Å². The van der Waals surface area contributed by atoms with Gasteiger partial charge >= 0.3 is 0 Å². The molecule has 2 atom stereocenters. The highest BCUT2D eigenvalue weighted by Gasteiger charge is 2.37. The van der Waals surface area contributed by atoms with Crippen molar-refractivity contribution >= 4 is 0 Å². The zero-order chi connectivity index (χ0) is 16.7. The van der Waals surface area contributed by atoms with Gasteiger partial charge < -0.3 is 9.84 Å². The van der Waals surface area contributed by atoms with Crippen LogP contribution in [0.2, 0.25) is 0 Å². The molecule has 2 N–H and O–H groups in total. The molecule has 2 aromatic rings. The van der Waals surface area contributed by atoms with E-state index in [2.05, 4.69) is 20.1 Å². The van der Waals surface area contributed by atoms with E-state index in [9.17, 15) is 5.11 Å². The summed E-state index contributed by atoms with van der Waals surface area (Å²) in [7, 11) is 1.74. The van der Waals surface area contributed by atoms with Gasteiger partial charge in [0.05, 0.1) is 17.8 Å². The summed E-state index contributed by atoms with van der Waals surface area (Å²) in [6.07, 6.45) is 3.39. The number of H-pyrrole nitrogens is 1. The van der Waals surface area contributed by atoms with E-state index in [4.69, 9.17) is 9.72 Å². The fourth-order valence-corrected chi connectivity index (χ4v) is 3.36. The number of aromatic nitrogens is 4. The van der Waals surface area contributed by atoms with E-state index in [0.717, 1.165) is 30.3 Å². The molecule has 0 spiro atoms. The van der Waals surface area contributed by atoms with Crippen LogP contribution in [0.1, 0.15) is 54.3 Å². The summed E-state index contributed by atoms with van der Waals surface area (Å²) in [6.45, 7) is 3.29. The molecule has 1 saturated heterocycles. The van der Waals surface area contributed by atoms with Crippen LogP contribution in [0, 0.1) is 6.92 Å². The Bertz CT molecular complexity index is 728. The predicted octanol–water partition coefficient (Wildman–Crippen LogP) is 2.05. The second-order valence-electron chi connectivity index (χ2n) is 6.81. The molecule has 2 aromatic heterocycles. The number of rotatable bonds is 5. The topological polar surface area (TPSA) is 87.2 Å². The molecule has 1 aliphatic heterocycles. The maximum atomic E-state index is 10.1. The molecule has 0 radical (unpaired) electrons. The summed E-state index contributed by atoms with van der Waals surface area (Å²) in [4.78, 5) is 11.4. The average molecular weight is 329 g/mol. The Hall–Kier alpha value is -1.99. The molecule has 2 aliphatic rings. The molecular formula is C17H23N5O2. The molecule has 4 rings (SSSR count). The number of hydrogen-bond acceptors (Lipinski definition) is 6. The molecular weight excluding hydrogens is 306 g/mol. The maximum Gasteiger partial charge on any atom is 0.153 e. The molecule has 7 nitrogen and oxygen atoms in total. The van der Waals surface area contributed by atoms with E-state index >= 15 is 0 Å². The number of ether oxygens (including phenoxy) is 1. The number of aromatic amines is 1. The normalized spacial score (nSPS) is 24.6. The first-order chi connectivity index (χ1) is 11.6. The minimum atomic E-state index is 0.108. The van der Waals surface area contributed by atoms with Gasteiger partial charge in [-0.1, -0.05) is 0 Å². The van der Waals surface area contributed by atoms with Crippen LogP contribution in [-0.2, 0) is 11.3 Å². The number of aromatic hydroxyl groups is 1. The standard InChI is InChI=1S/C17H23N5O2/c1-10-3-6-15(23)13(18-10)9-22-8-12(24-2)7-14(22)17-19-16(20-21-17)11-4-5-11/h3,6,11-12,14,23H,4-5,7-9H2,1-2H3,(H,19,20,21)/t12-,14+/m1/s1. The third-order valence-electron chi connectivity index (χ3n) is 4.92. The van der Waals surface area contributed by atoms with Crippen molar-refractivity contribution in [1.82, 2.24) is 25.1 Å². The van der Waals surface area contributed by atoms with Gasteiger partial charge in [0.15, 0.2) is 5.82 Å². The Morgan fingerprint density at radius 2 is 2.17 bits per heavy atom. The van der Waals surface area contributed by atoms with E-state index in [1.165, 1.54) is 12.8 Å². The molecule has 24 heavy (non-hydrogen) atoms. The SMILES string of the molecule is CO[C@@H]1C[C@@H](c2nc(C3CC3)n[nH]2)N(Cc2nc(C)ccc2O)C1. The van der Waals surface area contributed by atoms with Crippen molar-refractivity contribution in [3.05, 3.63) is 35.2 Å². The Morgan fingerprint density at radius 1 is 1.33 bits per heavy atom. The molecule has 1 aliphatic carbocycles. The highest BCUT2D eigenvalue weighted by Crippen LogP contribution is 2.39. The molecule has 1 saturated carbocycles. The highest BCUT2D eigenvalue weighted by atomic mass is 16.5. The van der Waals surface area contributed by atoms with Gasteiger partial charge in [-0.05, 0) is 38.3 Å². The van der Waals surface area contributed by atoms with Crippen molar-refractivity contribution in [2.75, 3.05) is 13.7 Å². The van der Waals surface area contributed by atoms with Gasteiger partial charge in [-0.3, -0.25) is 15.0 Å². The second kappa shape index (κ2) is 6.14. The molecule has 0 unspecified atom stereocenters. The monoisotopic (exact) mass is 329 g/mol. The predicted molar refractivity (Wildman–Crippen MR) is 87.6 cm³/mol. The van der Waals surface area contributed by atoms with Gasteiger partial charge in [-0.15, -0.1) is 0 Å². The van der Waals surface area contributed by atoms with Crippen molar-refractivity contribution in [2.45, 2.75) is 50.8 Å². The summed E-state index contributed by atoms with van der Waals surface area (Å²) < 4.78 is 5.56. The minimum Gasteiger partial charge on any atom is -0.506 e. The molecule has 7 heteroatoms. The molecule has 0 bridgehead atoms. The Kier molecular flexibility index (Phi) is 3.97. The lowest BCUT2D eigenvalue weighted by atomic mass is 10.2. The fourth-order valence-electron chi connectivity index (χ4n) is 3.36. The minimum absolute atomic E-state index is 0.108. The lowest BCUT2D eigenvalue weighted by Gasteiger charge is -2.22. The number of pyridine rings is 1. The van der Waals surface area contributed by atoms with Gasteiger partial charge in [0.1, 0.15) is 11.6 Å². The first kappa shape index (κ1) is 15.5. The van der Waals surface area contributed by atoms with E-state index in [0.29, 0.717) is 18.2 Å². The number of methoxy groups -OCH3 is 1. The highest BCUT2D eigenvalue weighted by molar-refractivity contribution is 5.28. The van der Waals surface area contributed by atoms with Crippen LogP contribution < -0.4 is 0 Å². The summed E-state index contributed by atoms with van der Waals surface area (Å²) in [6, 6.07) is 3.63. The van der Waals surface area contributed by atoms with Crippen LogP contribution in [0.5, 0.6) is 5.75 Å². The van der Waals surface area contributed by atoms with E-state index in [1.54, 1.807) is 13.2 Å². The van der Waals surface area contributed by atoms with Crippen LogP contribution >= 0.6 is 0 Å². The Balaban J connectivity index is 1.57. The van der Waals surface area contributed by atoms with Crippen molar-refractivity contribution in [2.24, 2.45) is 0 Å². The van der Waals surface area contributed by atoms with Gasteiger partial charge in [0.2, 0.25) is 0 Å². The lowest BCUT2D eigenvalue weighted by molar-refractivity contribution is 0.107. The molecule has 0 aromatic carbocycles. The second-order valence-corrected chi connectivity index (χ2v) is 6.81. The van der Waals surface area contributed by atoms with Crippen molar-refractivity contribution < 1.29 is 9.84 Å². The van der Waals surface area contributed by atoms with Crippen LogP contribution in [-0.4, -0.2) is 49.9 Å². The van der Waals surface area contributed by atoms with E-state index in [1.807, 2.05) is 13.0 Å². The number of nitrogens with one attached hydrogen (secondary N) is 1. The molecule has 3 heterocycles. The molecule has 128 valence electrons. The molecule has 0 amide bonds. The van der Waals surface area contributed by atoms with Gasteiger partial charge in [0, 0.05) is 31.8 Å². The summed E-state index contributed by atoms with van der Waals surface area (Å²) >= 11 is 0. The van der Waals surface area contributed by atoms with E-state index < -0.39 is 0 Å². The van der Waals surface area contributed by atoms with Crippen LogP contribution in [0.25, 0.3) is 0 Å². The van der Waals surface area contributed by atoms with Crippen molar-refractivity contribution in [1.29, 1.82) is 0 Å². The number of hydrogen-bond donors (Lipinski definition) is 2. The summed E-state index contributed by atoms with van der Waals surface area (Å²) in [5.74, 6) is 2.59. The maximum absolute atomic E-state index is 10.1. The van der Waals surface area contributed by atoms with Crippen LogP contribution in [0.4, 0.5) is 0 Å². The summed E-state index contributed by atoms with van der Waals surface area (Å²) in [5, 5.41) is 17.6. The molecule has 2 fully saturated rings. The third-order valence-corrected chi connectivity index (χ3v) is 4.92. The average Bonchev–Trinajstić information content (AvgIpc) is 3.16. The van der Waals surface area contributed by atoms with Crippen LogP contribution in [0.15, 0.2) is 12.1 Å².